The van der Waals surface area contributed by atoms with Gasteiger partial charge in [0.2, 0.25) is 11.8 Å². The Morgan fingerprint density at radius 1 is 1.04 bits per heavy atom. The second-order valence-corrected chi connectivity index (χ2v) is 5.13. The number of hydrogen-bond acceptors (Lipinski definition) is 3. The van der Waals surface area contributed by atoms with Gasteiger partial charge in [-0.25, -0.2) is 4.98 Å². The van der Waals surface area contributed by atoms with Gasteiger partial charge >= 0.3 is 0 Å². The maximum atomic E-state index is 11.9. The molecule has 0 radical (unpaired) electrons. The second-order valence-electron chi connectivity index (χ2n) is 5.13. The number of carbonyl (C=O) groups excluding carboxylic acids is 1. The lowest BCUT2D eigenvalue weighted by molar-refractivity contribution is -0.120. The first-order valence-corrected chi connectivity index (χ1v) is 7.62. The first kappa shape index (κ1) is 15.6. The molecule has 0 spiro atoms. The van der Waals surface area contributed by atoms with Crippen LogP contribution in [0.3, 0.4) is 0 Å². The quantitative estimate of drug-likeness (QED) is 0.753. The zero-order chi connectivity index (χ0) is 16.6. The Kier molecular flexibility index (Phi) is 5.06. The van der Waals surface area contributed by atoms with Crippen LogP contribution in [0.2, 0.25) is 0 Å². The maximum absolute atomic E-state index is 11.9. The van der Waals surface area contributed by atoms with Gasteiger partial charge in [0.25, 0.3) is 0 Å². The summed E-state index contributed by atoms with van der Waals surface area (Å²) in [5, 5.41) is 2.76. The lowest BCUT2D eigenvalue weighted by Gasteiger charge is -1.97. The molecule has 24 heavy (non-hydrogen) atoms. The van der Waals surface area contributed by atoms with Crippen molar-refractivity contribution in [1.29, 1.82) is 0 Å². The highest BCUT2D eigenvalue weighted by molar-refractivity contribution is 5.78. The van der Waals surface area contributed by atoms with Crippen molar-refractivity contribution in [2.45, 2.75) is 6.42 Å². The first-order valence-electron chi connectivity index (χ1n) is 7.62. The largest absolute Gasteiger partial charge is 0.444 e. The van der Waals surface area contributed by atoms with Crippen molar-refractivity contribution in [3.05, 3.63) is 78.2 Å². The molecule has 1 heterocycles. The van der Waals surface area contributed by atoms with Crippen LogP contribution in [0.5, 0.6) is 0 Å². The third-order valence-electron chi connectivity index (χ3n) is 3.29. The van der Waals surface area contributed by atoms with E-state index in [1.54, 1.807) is 0 Å². The van der Waals surface area contributed by atoms with Crippen molar-refractivity contribution >= 4 is 5.91 Å². The zero-order valence-corrected chi connectivity index (χ0v) is 13.0. The van der Waals surface area contributed by atoms with E-state index < -0.39 is 0 Å². The number of hydrogen-bond donors (Lipinski definition) is 1. The number of nitrogens with one attached hydrogen (secondary N) is 1. The van der Waals surface area contributed by atoms with Crippen LogP contribution in [-0.4, -0.2) is 17.4 Å². The van der Waals surface area contributed by atoms with E-state index in [4.69, 9.17) is 4.42 Å². The van der Waals surface area contributed by atoms with E-state index in [2.05, 4.69) is 22.1 Å². The van der Waals surface area contributed by atoms with Gasteiger partial charge < -0.3 is 9.73 Å². The van der Waals surface area contributed by atoms with E-state index in [-0.39, 0.29) is 12.3 Å². The Bertz CT molecular complexity index is 859. The molecule has 4 nitrogen and oxygen atoms in total. The third-order valence-corrected chi connectivity index (χ3v) is 3.29. The summed E-state index contributed by atoms with van der Waals surface area (Å²) < 4.78 is 5.42. The molecule has 3 rings (SSSR count). The fourth-order valence-electron chi connectivity index (χ4n) is 2.14. The number of amides is 1. The van der Waals surface area contributed by atoms with E-state index in [1.807, 2.05) is 60.7 Å². The lowest BCUT2D eigenvalue weighted by atomic mass is 10.2. The molecule has 0 aliphatic rings. The fraction of sp³-hybridized carbons (Fsp3) is 0.100. The van der Waals surface area contributed by atoms with Crippen LogP contribution >= 0.6 is 0 Å². The average Bonchev–Trinajstić information content (AvgIpc) is 3.09. The molecule has 0 saturated heterocycles. The smallest absolute Gasteiger partial charge is 0.226 e. The molecule has 0 saturated carbocycles. The van der Waals surface area contributed by atoms with Crippen molar-refractivity contribution in [3.8, 4) is 23.3 Å². The predicted octanol–water partition coefficient (Wildman–Crippen LogP) is 3.05. The summed E-state index contributed by atoms with van der Waals surface area (Å²) in [4.78, 5) is 16.2. The number of rotatable bonds is 4. The summed E-state index contributed by atoms with van der Waals surface area (Å²) in [5.74, 6) is 6.30. The highest BCUT2D eigenvalue weighted by Gasteiger charge is 2.09. The molecular weight excluding hydrogens is 300 g/mol. The monoisotopic (exact) mass is 316 g/mol. The van der Waals surface area contributed by atoms with E-state index in [0.717, 1.165) is 11.1 Å². The highest BCUT2D eigenvalue weighted by Crippen LogP contribution is 2.17. The minimum atomic E-state index is -0.134. The summed E-state index contributed by atoms with van der Waals surface area (Å²) in [5.41, 5.74) is 2.41. The molecule has 118 valence electrons. The molecule has 2 aromatic carbocycles. The fourth-order valence-corrected chi connectivity index (χ4v) is 2.14. The van der Waals surface area contributed by atoms with Gasteiger partial charge in [-0.1, -0.05) is 48.2 Å². The molecule has 3 aromatic rings. The van der Waals surface area contributed by atoms with Crippen molar-refractivity contribution in [3.63, 3.8) is 0 Å². The van der Waals surface area contributed by atoms with Crippen molar-refractivity contribution in [2.75, 3.05) is 6.54 Å². The number of nitrogens with zero attached hydrogens (tertiary/aromatic N) is 1. The number of oxazole rings is 1. The van der Waals surface area contributed by atoms with Crippen LogP contribution in [0.4, 0.5) is 0 Å². The molecule has 0 aliphatic heterocycles. The zero-order valence-electron chi connectivity index (χ0n) is 13.0. The van der Waals surface area contributed by atoms with E-state index in [1.165, 1.54) is 6.26 Å². The molecule has 1 amide bonds. The van der Waals surface area contributed by atoms with Crippen LogP contribution in [0.15, 0.2) is 71.3 Å². The summed E-state index contributed by atoms with van der Waals surface area (Å²) in [7, 11) is 0. The van der Waals surface area contributed by atoms with Crippen LogP contribution in [-0.2, 0) is 11.2 Å². The SMILES string of the molecule is O=C(Cc1coc(-c2ccccc2)n1)NCC#Cc1ccccc1. The Balaban J connectivity index is 1.51. The van der Waals surface area contributed by atoms with E-state index >= 15 is 0 Å². The van der Waals surface area contributed by atoms with Gasteiger partial charge in [-0.2, -0.15) is 0 Å². The molecule has 0 atom stereocenters. The van der Waals surface area contributed by atoms with Crippen LogP contribution < -0.4 is 5.32 Å². The topological polar surface area (TPSA) is 55.1 Å². The van der Waals surface area contributed by atoms with Crippen molar-refractivity contribution in [2.24, 2.45) is 0 Å². The Labute approximate surface area is 140 Å². The minimum Gasteiger partial charge on any atom is -0.444 e. The number of carbonyl (C=O) groups is 1. The summed E-state index contributed by atoms with van der Waals surface area (Å²) >= 11 is 0. The number of aromatic nitrogens is 1. The lowest BCUT2D eigenvalue weighted by Crippen LogP contribution is -2.25. The minimum absolute atomic E-state index is 0.134. The molecule has 1 N–H and O–H groups in total. The van der Waals surface area contributed by atoms with Gasteiger partial charge in [0.15, 0.2) is 0 Å². The van der Waals surface area contributed by atoms with Gasteiger partial charge in [0, 0.05) is 11.1 Å². The van der Waals surface area contributed by atoms with Gasteiger partial charge in [0.05, 0.1) is 18.7 Å². The first-order chi connectivity index (χ1) is 11.8. The average molecular weight is 316 g/mol. The van der Waals surface area contributed by atoms with Crippen LogP contribution in [0.25, 0.3) is 11.5 Å². The highest BCUT2D eigenvalue weighted by atomic mass is 16.3. The van der Waals surface area contributed by atoms with Crippen molar-refractivity contribution < 1.29 is 9.21 Å². The molecule has 0 unspecified atom stereocenters. The normalized spacial score (nSPS) is 9.83. The molecule has 0 fully saturated rings. The Morgan fingerprint density at radius 2 is 1.75 bits per heavy atom. The van der Waals surface area contributed by atoms with Gasteiger partial charge in [0.1, 0.15) is 6.26 Å². The summed E-state index contributed by atoms with van der Waals surface area (Å²) in [6.45, 7) is 0.303. The van der Waals surface area contributed by atoms with E-state index in [9.17, 15) is 4.79 Å². The van der Waals surface area contributed by atoms with Crippen LogP contribution in [0, 0.1) is 11.8 Å². The van der Waals surface area contributed by atoms with E-state index in [0.29, 0.717) is 18.1 Å². The molecular formula is C20H16N2O2. The van der Waals surface area contributed by atoms with Gasteiger partial charge in [-0.05, 0) is 24.3 Å². The molecule has 0 bridgehead atoms. The van der Waals surface area contributed by atoms with Crippen molar-refractivity contribution in [1.82, 2.24) is 10.3 Å². The van der Waals surface area contributed by atoms with Gasteiger partial charge in [-0.15, -0.1) is 0 Å². The predicted molar refractivity (Wildman–Crippen MR) is 92.0 cm³/mol. The molecule has 0 aliphatic carbocycles. The van der Waals surface area contributed by atoms with Crippen LogP contribution in [0.1, 0.15) is 11.3 Å². The molecule has 1 aromatic heterocycles. The summed E-state index contributed by atoms with van der Waals surface area (Å²) in [6.07, 6.45) is 1.68. The Morgan fingerprint density at radius 3 is 2.50 bits per heavy atom. The Hall–Kier alpha value is -3.32. The molecule has 4 heteroatoms. The maximum Gasteiger partial charge on any atom is 0.226 e. The second kappa shape index (κ2) is 7.80. The van der Waals surface area contributed by atoms with Gasteiger partial charge in [-0.3, -0.25) is 4.79 Å². The number of benzene rings is 2. The standard InChI is InChI=1S/C20H16N2O2/c23-19(21-13-7-10-16-8-3-1-4-9-16)14-18-15-24-20(22-18)17-11-5-2-6-12-17/h1-6,8-9,11-12,15H,13-14H2,(H,21,23). The third kappa shape index (κ3) is 4.34. The summed E-state index contributed by atoms with van der Waals surface area (Å²) in [6, 6.07) is 19.2.